The van der Waals surface area contributed by atoms with Gasteiger partial charge in [0.25, 0.3) is 0 Å². The van der Waals surface area contributed by atoms with Gasteiger partial charge in [0.1, 0.15) is 12.4 Å². The molecule has 1 amide bonds. The van der Waals surface area contributed by atoms with Gasteiger partial charge in [-0.3, -0.25) is 4.79 Å². The first-order chi connectivity index (χ1) is 14.9. The number of esters is 1. The molecular weight excluding hydrogens is 416 g/mol. The number of ether oxygens (including phenoxy) is 2. The molecule has 31 heavy (non-hydrogen) atoms. The van der Waals surface area contributed by atoms with Gasteiger partial charge in [0.15, 0.2) is 11.0 Å². The van der Waals surface area contributed by atoms with Crippen molar-refractivity contribution in [3.8, 4) is 5.75 Å². The molecule has 0 aliphatic heterocycles. The van der Waals surface area contributed by atoms with Crippen LogP contribution in [-0.4, -0.2) is 38.5 Å². The molecule has 9 heteroatoms. The maximum Gasteiger partial charge on any atom is 0.338 e. The van der Waals surface area contributed by atoms with Crippen LogP contribution in [0.25, 0.3) is 0 Å². The standard InChI is InChI=1S/C22H24N4O4S/c1-15(2)30-21(28)16-8-7-9-17(12-16)23-20(27)14-31-22-25-24-19(26(22)3)13-29-18-10-5-4-6-11-18/h4-12,15H,13-14H2,1-3H3,(H,23,27). The number of para-hydroxylation sites is 1. The molecule has 0 spiro atoms. The lowest BCUT2D eigenvalue weighted by molar-refractivity contribution is -0.113. The van der Waals surface area contributed by atoms with Gasteiger partial charge < -0.3 is 19.4 Å². The number of carbonyl (C=O) groups excluding carboxylic acids is 2. The smallest absolute Gasteiger partial charge is 0.338 e. The molecule has 0 unspecified atom stereocenters. The molecule has 0 saturated carbocycles. The number of hydrogen-bond donors (Lipinski definition) is 1. The Morgan fingerprint density at radius 3 is 2.61 bits per heavy atom. The summed E-state index contributed by atoms with van der Waals surface area (Å²) in [6.45, 7) is 3.85. The third kappa shape index (κ3) is 6.58. The maximum atomic E-state index is 12.3. The van der Waals surface area contributed by atoms with Crippen LogP contribution in [0.5, 0.6) is 5.75 Å². The predicted molar refractivity (Wildman–Crippen MR) is 118 cm³/mol. The van der Waals surface area contributed by atoms with E-state index in [9.17, 15) is 9.59 Å². The van der Waals surface area contributed by atoms with Crippen molar-refractivity contribution in [1.29, 1.82) is 0 Å². The normalized spacial score (nSPS) is 10.7. The van der Waals surface area contributed by atoms with Crippen molar-refractivity contribution in [2.24, 2.45) is 7.05 Å². The maximum absolute atomic E-state index is 12.3. The number of amides is 1. The second-order valence-corrected chi connectivity index (χ2v) is 7.87. The number of hydrogen-bond acceptors (Lipinski definition) is 7. The zero-order chi connectivity index (χ0) is 22.2. The molecule has 1 aromatic heterocycles. The highest BCUT2D eigenvalue weighted by atomic mass is 32.2. The number of thioether (sulfide) groups is 1. The summed E-state index contributed by atoms with van der Waals surface area (Å²) in [5.41, 5.74) is 0.911. The lowest BCUT2D eigenvalue weighted by Gasteiger charge is -2.10. The zero-order valence-corrected chi connectivity index (χ0v) is 18.4. The highest BCUT2D eigenvalue weighted by Crippen LogP contribution is 2.18. The summed E-state index contributed by atoms with van der Waals surface area (Å²) in [6.07, 6.45) is -0.212. The van der Waals surface area contributed by atoms with Crippen LogP contribution in [-0.2, 0) is 23.2 Å². The molecule has 8 nitrogen and oxygen atoms in total. The molecule has 0 aliphatic carbocycles. The van der Waals surface area contributed by atoms with Gasteiger partial charge >= 0.3 is 5.97 Å². The van der Waals surface area contributed by atoms with Crippen LogP contribution in [0.2, 0.25) is 0 Å². The summed E-state index contributed by atoms with van der Waals surface area (Å²) in [5, 5.41) is 11.6. The van der Waals surface area contributed by atoms with Crippen LogP contribution >= 0.6 is 11.8 Å². The summed E-state index contributed by atoms with van der Waals surface area (Å²) in [7, 11) is 1.83. The van der Waals surface area contributed by atoms with Crippen molar-refractivity contribution >= 4 is 29.3 Å². The van der Waals surface area contributed by atoms with Gasteiger partial charge in [-0.15, -0.1) is 10.2 Å². The summed E-state index contributed by atoms with van der Waals surface area (Å²) in [5.74, 6) is 0.905. The molecule has 0 atom stereocenters. The minimum Gasteiger partial charge on any atom is -0.486 e. The topological polar surface area (TPSA) is 95.3 Å². The Hall–Kier alpha value is -3.33. The van der Waals surface area contributed by atoms with Gasteiger partial charge in [0, 0.05) is 12.7 Å². The fraction of sp³-hybridized carbons (Fsp3) is 0.273. The van der Waals surface area contributed by atoms with E-state index < -0.39 is 5.97 Å². The number of carbonyl (C=O) groups is 2. The molecule has 3 aromatic rings. The molecule has 1 heterocycles. The first-order valence-electron chi connectivity index (χ1n) is 9.72. The van der Waals surface area contributed by atoms with Gasteiger partial charge in [0.05, 0.1) is 17.4 Å². The van der Waals surface area contributed by atoms with Gasteiger partial charge in [-0.05, 0) is 44.2 Å². The van der Waals surface area contributed by atoms with Crippen LogP contribution in [0.15, 0.2) is 59.8 Å². The number of rotatable bonds is 9. The number of nitrogens with zero attached hydrogens (tertiary/aromatic N) is 3. The summed E-state index contributed by atoms with van der Waals surface area (Å²) < 4.78 is 12.7. The Balaban J connectivity index is 1.52. The zero-order valence-electron chi connectivity index (χ0n) is 17.6. The molecule has 1 N–H and O–H groups in total. The molecule has 2 aromatic carbocycles. The molecule has 0 fully saturated rings. The Bertz CT molecular complexity index is 1040. The minimum atomic E-state index is -0.426. The Morgan fingerprint density at radius 1 is 1.10 bits per heavy atom. The van der Waals surface area contributed by atoms with E-state index >= 15 is 0 Å². The molecule has 162 valence electrons. The largest absolute Gasteiger partial charge is 0.486 e. The Morgan fingerprint density at radius 2 is 1.87 bits per heavy atom. The van der Waals surface area contributed by atoms with Crippen molar-refractivity contribution in [2.45, 2.75) is 31.7 Å². The SMILES string of the molecule is CC(C)OC(=O)c1cccc(NC(=O)CSc2nnc(COc3ccccc3)n2C)c1. The molecule has 0 saturated heterocycles. The van der Waals surface area contributed by atoms with E-state index in [2.05, 4.69) is 15.5 Å². The van der Waals surface area contributed by atoms with Gasteiger partial charge in [-0.25, -0.2) is 4.79 Å². The van der Waals surface area contributed by atoms with Gasteiger partial charge in [0.2, 0.25) is 5.91 Å². The van der Waals surface area contributed by atoms with Crippen molar-refractivity contribution < 1.29 is 19.1 Å². The summed E-state index contributed by atoms with van der Waals surface area (Å²) in [4.78, 5) is 24.4. The minimum absolute atomic E-state index is 0.145. The fourth-order valence-corrected chi connectivity index (χ4v) is 3.32. The molecule has 0 bridgehead atoms. The lowest BCUT2D eigenvalue weighted by Crippen LogP contribution is -2.16. The second kappa shape index (κ2) is 10.6. The average molecular weight is 441 g/mol. The summed E-state index contributed by atoms with van der Waals surface area (Å²) in [6, 6.07) is 16.1. The molecular formula is C22H24N4O4S. The quantitative estimate of drug-likeness (QED) is 0.400. The van der Waals surface area contributed by atoms with Crippen LogP contribution < -0.4 is 10.1 Å². The Kier molecular flexibility index (Phi) is 7.66. The van der Waals surface area contributed by atoms with Crippen LogP contribution in [0.3, 0.4) is 0 Å². The lowest BCUT2D eigenvalue weighted by atomic mass is 10.2. The van der Waals surface area contributed by atoms with Crippen LogP contribution in [0.4, 0.5) is 5.69 Å². The number of nitrogens with one attached hydrogen (secondary N) is 1. The van der Waals surface area contributed by atoms with Gasteiger partial charge in [-0.2, -0.15) is 0 Å². The second-order valence-electron chi connectivity index (χ2n) is 6.93. The van der Waals surface area contributed by atoms with Crippen molar-refractivity contribution in [1.82, 2.24) is 14.8 Å². The van der Waals surface area contributed by atoms with E-state index in [4.69, 9.17) is 9.47 Å². The van der Waals surface area contributed by atoms with E-state index in [0.29, 0.717) is 22.2 Å². The van der Waals surface area contributed by atoms with E-state index in [1.165, 1.54) is 11.8 Å². The van der Waals surface area contributed by atoms with Crippen molar-refractivity contribution in [3.63, 3.8) is 0 Å². The number of benzene rings is 2. The Labute approximate surface area is 185 Å². The average Bonchev–Trinajstić information content (AvgIpc) is 3.10. The fourth-order valence-electron chi connectivity index (χ4n) is 2.59. The van der Waals surface area contributed by atoms with Crippen molar-refractivity contribution in [3.05, 3.63) is 66.0 Å². The third-order valence-electron chi connectivity index (χ3n) is 4.09. The van der Waals surface area contributed by atoms with Crippen LogP contribution in [0.1, 0.15) is 30.0 Å². The molecule has 0 aliphatic rings. The van der Waals surface area contributed by atoms with Gasteiger partial charge in [-0.1, -0.05) is 36.0 Å². The van der Waals surface area contributed by atoms with E-state index in [1.807, 2.05) is 37.4 Å². The molecule has 0 radical (unpaired) electrons. The van der Waals surface area contributed by atoms with Crippen LogP contribution in [0, 0.1) is 0 Å². The van der Waals surface area contributed by atoms with E-state index in [-0.39, 0.29) is 24.4 Å². The predicted octanol–water partition coefficient (Wildman–Crippen LogP) is 3.69. The number of anilines is 1. The highest BCUT2D eigenvalue weighted by molar-refractivity contribution is 7.99. The van der Waals surface area contributed by atoms with Crippen molar-refractivity contribution in [2.75, 3.05) is 11.1 Å². The number of aromatic nitrogens is 3. The van der Waals surface area contributed by atoms with E-state index in [0.717, 1.165) is 5.75 Å². The first kappa shape index (κ1) is 22.4. The molecule has 3 rings (SSSR count). The third-order valence-corrected chi connectivity index (χ3v) is 5.11. The summed E-state index contributed by atoms with van der Waals surface area (Å²) >= 11 is 1.27. The highest BCUT2D eigenvalue weighted by Gasteiger charge is 2.14. The monoisotopic (exact) mass is 440 g/mol. The van der Waals surface area contributed by atoms with E-state index in [1.54, 1.807) is 42.7 Å². The first-order valence-corrected chi connectivity index (χ1v) is 10.7.